The Labute approximate surface area is 140 Å². The van der Waals surface area contributed by atoms with Crippen molar-refractivity contribution in [2.75, 3.05) is 7.11 Å². The van der Waals surface area contributed by atoms with E-state index in [1.165, 1.54) is 5.19 Å². The standard InChI is InChI=1S/C20H26O2Si/c1-22-18-14-12-17(13-15-18)20(21)11-7-8-16-23(2,3)19-9-5-4-6-10-19/h4-10,12-15,20-21H,11,16H2,1-3H3/b8-7-/t20-/m0/s1. The molecule has 2 nitrogen and oxygen atoms in total. The third kappa shape index (κ3) is 5.08. The molecule has 0 heterocycles. The minimum absolute atomic E-state index is 0.460. The second kappa shape index (κ2) is 8.13. The van der Waals surface area contributed by atoms with E-state index in [1.54, 1.807) is 7.11 Å². The largest absolute Gasteiger partial charge is 0.497 e. The predicted molar refractivity (Wildman–Crippen MR) is 100 cm³/mol. The Bertz CT molecular complexity index is 618. The average molecular weight is 327 g/mol. The maximum Gasteiger partial charge on any atom is 0.118 e. The van der Waals surface area contributed by atoms with Gasteiger partial charge in [0.1, 0.15) is 5.75 Å². The van der Waals surface area contributed by atoms with Gasteiger partial charge in [-0.2, -0.15) is 0 Å². The van der Waals surface area contributed by atoms with Crippen molar-refractivity contribution in [3.8, 4) is 5.75 Å². The second-order valence-electron chi connectivity index (χ2n) is 6.45. The summed E-state index contributed by atoms with van der Waals surface area (Å²) >= 11 is 0. The molecule has 0 bridgehead atoms. The van der Waals surface area contributed by atoms with Gasteiger partial charge in [0.25, 0.3) is 0 Å². The fourth-order valence-corrected chi connectivity index (χ4v) is 4.66. The van der Waals surface area contributed by atoms with E-state index in [-0.39, 0.29) is 0 Å². The third-order valence-electron chi connectivity index (χ3n) is 4.21. The number of aliphatic hydroxyl groups is 1. The molecule has 1 atom stereocenters. The fourth-order valence-electron chi connectivity index (χ4n) is 2.57. The number of rotatable bonds is 7. The first-order valence-electron chi connectivity index (χ1n) is 8.05. The Morgan fingerprint density at radius 3 is 2.26 bits per heavy atom. The van der Waals surface area contributed by atoms with Crippen molar-refractivity contribution in [1.82, 2.24) is 0 Å². The zero-order chi connectivity index (χ0) is 16.7. The molecular weight excluding hydrogens is 300 g/mol. The van der Waals surface area contributed by atoms with Crippen LogP contribution >= 0.6 is 0 Å². The quantitative estimate of drug-likeness (QED) is 0.607. The van der Waals surface area contributed by atoms with Crippen molar-refractivity contribution in [2.24, 2.45) is 0 Å². The van der Waals surface area contributed by atoms with Gasteiger partial charge in [-0.1, -0.05) is 72.9 Å². The number of benzene rings is 2. The summed E-state index contributed by atoms with van der Waals surface area (Å²) in [7, 11) is 0.217. The number of ether oxygens (including phenoxy) is 1. The van der Waals surface area contributed by atoms with Gasteiger partial charge in [0.05, 0.1) is 21.3 Å². The van der Waals surface area contributed by atoms with Crippen LogP contribution in [-0.2, 0) is 0 Å². The molecule has 0 aliphatic heterocycles. The molecule has 2 aromatic carbocycles. The SMILES string of the molecule is COc1ccc([C@@H](O)C/C=C\C[Si](C)(C)c2ccccc2)cc1. The monoisotopic (exact) mass is 326 g/mol. The van der Waals surface area contributed by atoms with Crippen LogP contribution in [-0.4, -0.2) is 20.3 Å². The summed E-state index contributed by atoms with van der Waals surface area (Å²) in [5, 5.41) is 11.7. The lowest BCUT2D eigenvalue weighted by Gasteiger charge is -2.21. The molecule has 2 rings (SSSR count). The summed E-state index contributed by atoms with van der Waals surface area (Å²) in [6, 6.07) is 19.4. The van der Waals surface area contributed by atoms with Crippen LogP contribution in [0.15, 0.2) is 66.7 Å². The van der Waals surface area contributed by atoms with E-state index >= 15 is 0 Å². The lowest BCUT2D eigenvalue weighted by molar-refractivity contribution is 0.181. The number of methoxy groups -OCH3 is 1. The van der Waals surface area contributed by atoms with Gasteiger partial charge < -0.3 is 9.84 Å². The molecule has 0 spiro atoms. The van der Waals surface area contributed by atoms with Crippen molar-refractivity contribution in [2.45, 2.75) is 31.7 Å². The van der Waals surface area contributed by atoms with Crippen LogP contribution in [0.3, 0.4) is 0 Å². The molecule has 0 aliphatic carbocycles. The molecule has 2 aromatic rings. The smallest absolute Gasteiger partial charge is 0.118 e. The highest BCUT2D eigenvalue weighted by molar-refractivity contribution is 6.90. The van der Waals surface area contributed by atoms with Gasteiger partial charge in [0.15, 0.2) is 0 Å². The molecule has 23 heavy (non-hydrogen) atoms. The second-order valence-corrected chi connectivity index (χ2v) is 11.2. The first-order chi connectivity index (χ1) is 11.0. The lowest BCUT2D eigenvalue weighted by Crippen LogP contribution is -2.40. The van der Waals surface area contributed by atoms with E-state index in [4.69, 9.17) is 4.74 Å². The van der Waals surface area contributed by atoms with Crippen LogP contribution in [0.1, 0.15) is 18.1 Å². The normalized spacial score (nSPS) is 13.2. The van der Waals surface area contributed by atoms with Gasteiger partial charge in [-0.15, -0.1) is 0 Å². The van der Waals surface area contributed by atoms with Crippen molar-refractivity contribution in [3.05, 3.63) is 72.3 Å². The molecule has 0 amide bonds. The summed E-state index contributed by atoms with van der Waals surface area (Å²) in [6.45, 7) is 4.76. The Morgan fingerprint density at radius 1 is 1.00 bits per heavy atom. The predicted octanol–water partition coefficient (Wildman–Crippen LogP) is 4.29. The van der Waals surface area contributed by atoms with Crippen molar-refractivity contribution in [1.29, 1.82) is 0 Å². The van der Waals surface area contributed by atoms with Crippen LogP contribution in [0, 0.1) is 0 Å². The molecule has 0 saturated heterocycles. The fraction of sp³-hybridized carbons (Fsp3) is 0.300. The summed E-state index contributed by atoms with van der Waals surface area (Å²) < 4.78 is 5.14. The maximum atomic E-state index is 10.2. The van der Waals surface area contributed by atoms with Crippen LogP contribution in [0.4, 0.5) is 0 Å². The van der Waals surface area contributed by atoms with Crippen LogP contribution in [0.5, 0.6) is 5.75 Å². The van der Waals surface area contributed by atoms with Gasteiger partial charge in [0.2, 0.25) is 0 Å². The first kappa shape index (κ1) is 17.5. The van der Waals surface area contributed by atoms with Crippen LogP contribution in [0.25, 0.3) is 0 Å². The van der Waals surface area contributed by atoms with E-state index in [9.17, 15) is 5.11 Å². The molecule has 0 aliphatic rings. The molecule has 1 N–H and O–H groups in total. The van der Waals surface area contributed by atoms with E-state index < -0.39 is 14.2 Å². The molecule has 0 fully saturated rings. The van der Waals surface area contributed by atoms with Gasteiger partial charge in [-0.05, 0) is 30.2 Å². The Kier molecular flexibility index (Phi) is 6.19. The van der Waals surface area contributed by atoms with Crippen LogP contribution in [0.2, 0.25) is 19.1 Å². The molecular formula is C20H26O2Si. The van der Waals surface area contributed by atoms with Crippen molar-refractivity contribution < 1.29 is 9.84 Å². The number of hydrogen-bond donors (Lipinski definition) is 1. The van der Waals surface area contributed by atoms with E-state index in [2.05, 4.69) is 55.6 Å². The van der Waals surface area contributed by atoms with Crippen molar-refractivity contribution in [3.63, 3.8) is 0 Å². The first-order valence-corrected chi connectivity index (χ1v) is 11.3. The van der Waals surface area contributed by atoms with E-state index in [0.717, 1.165) is 17.4 Å². The molecule has 0 aromatic heterocycles. The van der Waals surface area contributed by atoms with Crippen molar-refractivity contribution >= 4 is 13.3 Å². The maximum absolute atomic E-state index is 10.2. The minimum Gasteiger partial charge on any atom is -0.497 e. The molecule has 0 saturated carbocycles. The van der Waals surface area contributed by atoms with Gasteiger partial charge >= 0.3 is 0 Å². The Balaban J connectivity index is 1.88. The third-order valence-corrected chi connectivity index (χ3v) is 7.36. The molecule has 3 heteroatoms. The number of hydrogen-bond acceptors (Lipinski definition) is 2. The summed E-state index contributed by atoms with van der Waals surface area (Å²) in [6.07, 6.45) is 4.52. The minimum atomic E-state index is -1.43. The zero-order valence-corrected chi connectivity index (χ0v) is 15.2. The van der Waals surface area contributed by atoms with Gasteiger partial charge in [-0.3, -0.25) is 0 Å². The van der Waals surface area contributed by atoms with E-state index in [0.29, 0.717) is 6.42 Å². The number of allylic oxidation sites excluding steroid dienone is 1. The lowest BCUT2D eigenvalue weighted by atomic mass is 10.1. The average Bonchev–Trinajstić information content (AvgIpc) is 2.59. The highest BCUT2D eigenvalue weighted by Gasteiger charge is 2.21. The van der Waals surface area contributed by atoms with E-state index in [1.807, 2.05) is 24.3 Å². The summed E-state index contributed by atoms with van der Waals surface area (Å²) in [4.78, 5) is 0. The molecule has 0 radical (unpaired) electrons. The summed E-state index contributed by atoms with van der Waals surface area (Å²) in [5.74, 6) is 0.812. The molecule has 0 unspecified atom stereocenters. The highest BCUT2D eigenvalue weighted by atomic mass is 28.3. The Hall–Kier alpha value is -1.84. The van der Waals surface area contributed by atoms with Crippen LogP contribution < -0.4 is 9.92 Å². The van der Waals surface area contributed by atoms with Gasteiger partial charge in [-0.25, -0.2) is 0 Å². The Morgan fingerprint density at radius 2 is 1.65 bits per heavy atom. The highest BCUT2D eigenvalue weighted by Crippen LogP contribution is 2.21. The summed E-state index contributed by atoms with van der Waals surface area (Å²) in [5.41, 5.74) is 0.926. The number of aliphatic hydroxyl groups excluding tert-OH is 1. The topological polar surface area (TPSA) is 29.5 Å². The zero-order valence-electron chi connectivity index (χ0n) is 14.2. The molecule has 122 valence electrons. The van der Waals surface area contributed by atoms with Gasteiger partial charge in [0, 0.05) is 0 Å².